The van der Waals surface area contributed by atoms with Gasteiger partial charge in [-0.2, -0.15) is 0 Å². The number of amides is 1. The molecule has 0 aromatic carbocycles. The maximum absolute atomic E-state index is 11.7. The summed E-state index contributed by atoms with van der Waals surface area (Å²) in [5.74, 6) is 0.199. The van der Waals surface area contributed by atoms with E-state index in [2.05, 4.69) is 10.6 Å². The zero-order valence-electron chi connectivity index (χ0n) is 9.09. The molecule has 0 radical (unpaired) electrons. The van der Waals surface area contributed by atoms with Crippen LogP contribution in [0.3, 0.4) is 0 Å². The van der Waals surface area contributed by atoms with Crippen molar-refractivity contribution in [1.29, 1.82) is 0 Å². The van der Waals surface area contributed by atoms with E-state index < -0.39 is 5.60 Å². The molecule has 15 heavy (non-hydrogen) atoms. The number of aliphatic hydroxyl groups is 1. The molecule has 2 fully saturated rings. The Morgan fingerprint density at radius 2 is 2.27 bits per heavy atom. The molecule has 1 saturated carbocycles. The van der Waals surface area contributed by atoms with Gasteiger partial charge >= 0.3 is 0 Å². The average Bonchev–Trinajstić information content (AvgIpc) is 2.24. The van der Waals surface area contributed by atoms with Gasteiger partial charge in [0.2, 0.25) is 5.91 Å². The van der Waals surface area contributed by atoms with E-state index in [0.717, 1.165) is 45.2 Å². The number of nitrogens with one attached hydrogen (secondary N) is 2. The average molecular weight is 212 g/mol. The van der Waals surface area contributed by atoms with Crippen molar-refractivity contribution in [2.45, 2.75) is 37.7 Å². The van der Waals surface area contributed by atoms with Gasteiger partial charge in [0.25, 0.3) is 0 Å². The minimum atomic E-state index is -0.599. The minimum Gasteiger partial charge on any atom is -0.388 e. The second kappa shape index (κ2) is 4.49. The van der Waals surface area contributed by atoms with E-state index in [4.69, 9.17) is 0 Å². The molecule has 1 heterocycles. The largest absolute Gasteiger partial charge is 0.388 e. The van der Waals surface area contributed by atoms with Gasteiger partial charge in [0, 0.05) is 13.1 Å². The third-order valence-corrected chi connectivity index (χ3v) is 3.54. The molecule has 4 heteroatoms. The standard InChI is InChI=1S/C11H20N2O2/c14-10(9-3-1-6-12-7-9)13-8-11(15)4-2-5-11/h9,12,15H,1-8H2,(H,13,14). The first-order valence-electron chi connectivity index (χ1n) is 5.90. The first kappa shape index (κ1) is 10.9. The Bertz CT molecular complexity index is 233. The smallest absolute Gasteiger partial charge is 0.224 e. The molecule has 2 rings (SSSR count). The van der Waals surface area contributed by atoms with Crippen molar-refractivity contribution in [2.24, 2.45) is 5.92 Å². The van der Waals surface area contributed by atoms with Gasteiger partial charge in [0.15, 0.2) is 0 Å². The Morgan fingerprint density at radius 1 is 1.47 bits per heavy atom. The molecule has 1 amide bonds. The molecule has 0 aromatic heterocycles. The SMILES string of the molecule is O=C(NCC1(O)CCC1)C1CCCNC1. The lowest BCUT2D eigenvalue weighted by molar-refractivity contribution is -0.127. The second-order valence-corrected chi connectivity index (χ2v) is 4.84. The third kappa shape index (κ3) is 2.69. The van der Waals surface area contributed by atoms with Crippen LogP contribution in [0, 0.1) is 5.92 Å². The van der Waals surface area contributed by atoms with Crippen LogP contribution in [0.5, 0.6) is 0 Å². The zero-order chi connectivity index (χ0) is 10.7. The molecule has 1 aliphatic carbocycles. The summed E-state index contributed by atoms with van der Waals surface area (Å²) in [4.78, 5) is 11.7. The van der Waals surface area contributed by atoms with Crippen molar-refractivity contribution in [2.75, 3.05) is 19.6 Å². The van der Waals surface area contributed by atoms with Gasteiger partial charge in [-0.15, -0.1) is 0 Å². The number of hydrogen-bond donors (Lipinski definition) is 3. The molecule has 2 aliphatic rings. The Kier molecular flexibility index (Phi) is 3.26. The third-order valence-electron chi connectivity index (χ3n) is 3.54. The van der Waals surface area contributed by atoms with Gasteiger partial charge in [-0.3, -0.25) is 4.79 Å². The van der Waals surface area contributed by atoms with E-state index in [-0.39, 0.29) is 11.8 Å². The second-order valence-electron chi connectivity index (χ2n) is 4.84. The van der Waals surface area contributed by atoms with Crippen LogP contribution in [0.25, 0.3) is 0 Å². The molecule has 3 N–H and O–H groups in total. The van der Waals surface area contributed by atoms with Crippen LogP contribution in [0.2, 0.25) is 0 Å². The molecule has 1 saturated heterocycles. The number of carbonyl (C=O) groups excluding carboxylic acids is 1. The lowest BCUT2D eigenvalue weighted by atomic mass is 9.80. The van der Waals surface area contributed by atoms with Crippen LogP contribution in [-0.4, -0.2) is 36.2 Å². The Hall–Kier alpha value is -0.610. The summed E-state index contributed by atoms with van der Waals surface area (Å²) in [6, 6.07) is 0. The molecular weight excluding hydrogens is 192 g/mol. The zero-order valence-corrected chi connectivity index (χ0v) is 9.09. The van der Waals surface area contributed by atoms with Crippen molar-refractivity contribution in [3.63, 3.8) is 0 Å². The van der Waals surface area contributed by atoms with E-state index in [1.807, 2.05) is 0 Å². The van der Waals surface area contributed by atoms with E-state index in [1.54, 1.807) is 0 Å². The predicted octanol–water partition coefficient (Wildman–Crippen LogP) is 0.0172. The van der Waals surface area contributed by atoms with Crippen molar-refractivity contribution < 1.29 is 9.90 Å². The first-order chi connectivity index (χ1) is 7.20. The van der Waals surface area contributed by atoms with Crippen molar-refractivity contribution in [1.82, 2.24) is 10.6 Å². The highest BCUT2D eigenvalue weighted by Crippen LogP contribution is 2.30. The molecule has 86 valence electrons. The lowest BCUT2D eigenvalue weighted by Crippen LogP contribution is -2.50. The number of hydrogen-bond acceptors (Lipinski definition) is 3. The fourth-order valence-electron chi connectivity index (χ4n) is 2.23. The highest BCUT2D eigenvalue weighted by atomic mass is 16.3. The normalized spacial score (nSPS) is 29.3. The molecule has 4 nitrogen and oxygen atoms in total. The van der Waals surface area contributed by atoms with E-state index in [1.165, 1.54) is 0 Å². The lowest BCUT2D eigenvalue weighted by Gasteiger charge is -2.37. The van der Waals surface area contributed by atoms with Crippen LogP contribution in [0.1, 0.15) is 32.1 Å². The highest BCUT2D eigenvalue weighted by Gasteiger charge is 2.35. The highest BCUT2D eigenvalue weighted by molar-refractivity contribution is 5.79. The van der Waals surface area contributed by atoms with Gasteiger partial charge in [-0.05, 0) is 38.6 Å². The summed E-state index contributed by atoms with van der Waals surface area (Å²) in [7, 11) is 0. The summed E-state index contributed by atoms with van der Waals surface area (Å²) < 4.78 is 0. The summed E-state index contributed by atoms with van der Waals surface area (Å²) in [6.45, 7) is 2.24. The molecule has 1 atom stereocenters. The number of carbonyl (C=O) groups is 1. The van der Waals surface area contributed by atoms with Gasteiger partial charge < -0.3 is 15.7 Å². The molecule has 0 spiro atoms. The summed E-state index contributed by atoms with van der Waals surface area (Å²) in [5.41, 5.74) is -0.599. The van der Waals surface area contributed by atoms with Crippen LogP contribution in [0.15, 0.2) is 0 Å². The molecule has 1 aliphatic heterocycles. The number of rotatable bonds is 3. The van der Waals surface area contributed by atoms with E-state index in [9.17, 15) is 9.90 Å². The molecular formula is C11H20N2O2. The molecule has 1 unspecified atom stereocenters. The fourth-order valence-corrected chi connectivity index (χ4v) is 2.23. The quantitative estimate of drug-likeness (QED) is 0.618. The Labute approximate surface area is 90.4 Å². The molecule has 0 bridgehead atoms. The van der Waals surface area contributed by atoms with Gasteiger partial charge in [-0.25, -0.2) is 0 Å². The minimum absolute atomic E-state index is 0.0995. The first-order valence-corrected chi connectivity index (χ1v) is 5.90. The van der Waals surface area contributed by atoms with Gasteiger partial charge in [-0.1, -0.05) is 0 Å². The predicted molar refractivity (Wildman–Crippen MR) is 57.4 cm³/mol. The fraction of sp³-hybridized carbons (Fsp3) is 0.909. The molecule has 0 aromatic rings. The summed E-state index contributed by atoms with van der Waals surface area (Å²) in [6.07, 6.45) is 4.78. The van der Waals surface area contributed by atoms with E-state index in [0.29, 0.717) is 6.54 Å². The summed E-state index contributed by atoms with van der Waals surface area (Å²) in [5, 5.41) is 15.9. The van der Waals surface area contributed by atoms with Crippen LogP contribution >= 0.6 is 0 Å². The van der Waals surface area contributed by atoms with Crippen molar-refractivity contribution in [3.05, 3.63) is 0 Å². The van der Waals surface area contributed by atoms with Crippen molar-refractivity contribution >= 4 is 5.91 Å². The maximum Gasteiger partial charge on any atom is 0.224 e. The topological polar surface area (TPSA) is 61.4 Å². The maximum atomic E-state index is 11.7. The van der Waals surface area contributed by atoms with Gasteiger partial charge in [0.1, 0.15) is 0 Å². The van der Waals surface area contributed by atoms with Crippen LogP contribution in [-0.2, 0) is 4.79 Å². The monoisotopic (exact) mass is 212 g/mol. The van der Waals surface area contributed by atoms with E-state index >= 15 is 0 Å². The Balaban J connectivity index is 1.71. The van der Waals surface area contributed by atoms with Crippen molar-refractivity contribution in [3.8, 4) is 0 Å². The van der Waals surface area contributed by atoms with Crippen LogP contribution < -0.4 is 10.6 Å². The van der Waals surface area contributed by atoms with Crippen LogP contribution in [0.4, 0.5) is 0 Å². The summed E-state index contributed by atoms with van der Waals surface area (Å²) >= 11 is 0. The number of piperidine rings is 1. The van der Waals surface area contributed by atoms with Gasteiger partial charge in [0.05, 0.1) is 11.5 Å². The Morgan fingerprint density at radius 3 is 2.80 bits per heavy atom.